The van der Waals surface area contributed by atoms with Crippen molar-refractivity contribution in [1.82, 2.24) is 0 Å². The van der Waals surface area contributed by atoms with Crippen molar-refractivity contribution in [2.75, 3.05) is 0 Å². The summed E-state index contributed by atoms with van der Waals surface area (Å²) in [6.45, 7) is 6.18. The highest BCUT2D eigenvalue weighted by atomic mass is 14.8. The van der Waals surface area contributed by atoms with Crippen LogP contribution in [0.1, 0.15) is 27.2 Å². The van der Waals surface area contributed by atoms with Gasteiger partial charge in [-0.25, -0.2) is 0 Å². The Morgan fingerprint density at radius 2 is 1.82 bits per heavy atom. The summed E-state index contributed by atoms with van der Waals surface area (Å²) in [6, 6.07) is 0. The minimum absolute atomic E-state index is 0.0723. The van der Waals surface area contributed by atoms with Gasteiger partial charge in [-0.1, -0.05) is 24.3 Å². The Morgan fingerprint density at radius 1 is 1.27 bits per heavy atom. The van der Waals surface area contributed by atoms with Gasteiger partial charge in [0.15, 0.2) is 0 Å². The van der Waals surface area contributed by atoms with Crippen molar-refractivity contribution in [3.63, 3.8) is 0 Å². The normalized spacial score (nSPS) is 19.9. The molecule has 0 saturated carbocycles. The third-order valence-corrected chi connectivity index (χ3v) is 1.65. The first kappa shape index (κ1) is 8.25. The van der Waals surface area contributed by atoms with Gasteiger partial charge in [-0.05, 0) is 27.2 Å². The summed E-state index contributed by atoms with van der Waals surface area (Å²) >= 11 is 0. The maximum Gasteiger partial charge on any atom is 0.0939 e. The molecule has 0 amide bonds. The third kappa shape index (κ3) is 2.34. The molecule has 0 radical (unpaired) electrons. The SMILES string of the molecule is CC(C)=NC1(C)C=CCC=C1. The Labute approximate surface area is 68.5 Å². The van der Waals surface area contributed by atoms with Crippen LogP contribution in [0.4, 0.5) is 0 Å². The quantitative estimate of drug-likeness (QED) is 0.401. The first-order chi connectivity index (χ1) is 5.12. The van der Waals surface area contributed by atoms with E-state index in [-0.39, 0.29) is 5.54 Å². The zero-order valence-corrected chi connectivity index (χ0v) is 7.46. The fraction of sp³-hybridized carbons (Fsp3) is 0.500. The predicted octanol–water partition coefficient (Wildman–Crippen LogP) is 2.74. The van der Waals surface area contributed by atoms with E-state index < -0.39 is 0 Å². The number of hydrogen-bond donors (Lipinski definition) is 0. The second-order valence-corrected chi connectivity index (χ2v) is 3.33. The van der Waals surface area contributed by atoms with Crippen LogP contribution in [0.25, 0.3) is 0 Å². The summed E-state index contributed by atoms with van der Waals surface area (Å²) < 4.78 is 0. The van der Waals surface area contributed by atoms with Gasteiger partial charge in [-0.3, -0.25) is 4.99 Å². The molecule has 1 heteroatoms. The summed E-state index contributed by atoms with van der Waals surface area (Å²) in [7, 11) is 0. The zero-order chi connectivity index (χ0) is 8.32. The molecule has 0 bridgehead atoms. The molecule has 0 aromatic carbocycles. The van der Waals surface area contributed by atoms with E-state index in [1.165, 1.54) is 0 Å². The lowest BCUT2D eigenvalue weighted by molar-refractivity contribution is 0.723. The van der Waals surface area contributed by atoms with Crippen LogP contribution in [-0.2, 0) is 0 Å². The van der Waals surface area contributed by atoms with E-state index in [9.17, 15) is 0 Å². The van der Waals surface area contributed by atoms with Crippen molar-refractivity contribution in [3.8, 4) is 0 Å². The lowest BCUT2D eigenvalue weighted by atomic mass is 9.97. The average molecular weight is 149 g/mol. The van der Waals surface area contributed by atoms with E-state index in [2.05, 4.69) is 36.2 Å². The van der Waals surface area contributed by atoms with Crippen LogP contribution >= 0.6 is 0 Å². The van der Waals surface area contributed by atoms with Crippen LogP contribution in [0.2, 0.25) is 0 Å². The fourth-order valence-electron chi connectivity index (χ4n) is 1.30. The molecule has 1 aliphatic carbocycles. The highest BCUT2D eigenvalue weighted by Gasteiger charge is 2.15. The topological polar surface area (TPSA) is 12.4 Å². The molecule has 1 aliphatic rings. The van der Waals surface area contributed by atoms with Gasteiger partial charge < -0.3 is 0 Å². The molecule has 0 saturated heterocycles. The fourth-order valence-corrected chi connectivity index (χ4v) is 1.30. The molecule has 0 unspecified atom stereocenters. The summed E-state index contributed by atoms with van der Waals surface area (Å²) in [5.41, 5.74) is 1.06. The molecular weight excluding hydrogens is 134 g/mol. The van der Waals surface area contributed by atoms with Gasteiger partial charge in [-0.15, -0.1) is 0 Å². The van der Waals surface area contributed by atoms with Crippen molar-refractivity contribution in [1.29, 1.82) is 0 Å². The van der Waals surface area contributed by atoms with Crippen LogP contribution in [0, 0.1) is 0 Å². The van der Waals surface area contributed by atoms with Gasteiger partial charge in [0.25, 0.3) is 0 Å². The smallest absolute Gasteiger partial charge is 0.0939 e. The Kier molecular flexibility index (Phi) is 2.28. The Bertz CT molecular complexity index is 205. The molecule has 0 N–H and O–H groups in total. The molecule has 1 rings (SSSR count). The Morgan fingerprint density at radius 3 is 2.27 bits per heavy atom. The number of allylic oxidation sites excluding steroid dienone is 2. The maximum absolute atomic E-state index is 4.51. The summed E-state index contributed by atoms with van der Waals surface area (Å²) in [4.78, 5) is 4.51. The van der Waals surface area contributed by atoms with E-state index in [1.807, 2.05) is 13.8 Å². The van der Waals surface area contributed by atoms with Gasteiger partial charge in [0.05, 0.1) is 5.54 Å². The number of nitrogens with zero attached hydrogens (tertiary/aromatic N) is 1. The van der Waals surface area contributed by atoms with Crippen LogP contribution in [0.5, 0.6) is 0 Å². The monoisotopic (exact) mass is 149 g/mol. The van der Waals surface area contributed by atoms with E-state index in [0.717, 1.165) is 12.1 Å². The van der Waals surface area contributed by atoms with E-state index in [4.69, 9.17) is 0 Å². The predicted molar refractivity (Wildman–Crippen MR) is 50.1 cm³/mol. The van der Waals surface area contributed by atoms with Crippen molar-refractivity contribution >= 4 is 5.71 Å². The summed E-state index contributed by atoms with van der Waals surface area (Å²) in [6.07, 6.45) is 9.67. The van der Waals surface area contributed by atoms with Gasteiger partial charge in [-0.2, -0.15) is 0 Å². The number of hydrogen-bond acceptors (Lipinski definition) is 1. The Hall–Kier alpha value is -0.850. The minimum Gasteiger partial charge on any atom is -0.280 e. The molecule has 60 valence electrons. The van der Waals surface area contributed by atoms with E-state index in [0.29, 0.717) is 0 Å². The molecule has 0 spiro atoms. The molecular formula is C10H15N. The van der Waals surface area contributed by atoms with E-state index >= 15 is 0 Å². The molecule has 1 nitrogen and oxygen atoms in total. The highest BCUT2D eigenvalue weighted by molar-refractivity contribution is 5.80. The Balaban J connectivity index is 2.81. The largest absolute Gasteiger partial charge is 0.280 e. The molecule has 11 heavy (non-hydrogen) atoms. The van der Waals surface area contributed by atoms with Gasteiger partial charge in [0.1, 0.15) is 0 Å². The van der Waals surface area contributed by atoms with Crippen molar-refractivity contribution in [3.05, 3.63) is 24.3 Å². The summed E-state index contributed by atoms with van der Waals surface area (Å²) in [5, 5.41) is 0. The number of aliphatic imine (C=N–C) groups is 1. The van der Waals surface area contributed by atoms with Crippen molar-refractivity contribution in [2.24, 2.45) is 4.99 Å². The molecule has 0 aromatic heterocycles. The van der Waals surface area contributed by atoms with Crippen molar-refractivity contribution in [2.45, 2.75) is 32.7 Å². The number of rotatable bonds is 1. The zero-order valence-electron chi connectivity index (χ0n) is 7.46. The first-order valence-corrected chi connectivity index (χ1v) is 4.01. The van der Waals surface area contributed by atoms with Crippen molar-refractivity contribution < 1.29 is 0 Å². The third-order valence-electron chi connectivity index (χ3n) is 1.65. The minimum atomic E-state index is -0.0723. The average Bonchev–Trinajstić information content (AvgIpc) is 1.85. The highest BCUT2D eigenvalue weighted by Crippen LogP contribution is 2.19. The van der Waals surface area contributed by atoms with Crippen LogP contribution in [-0.4, -0.2) is 11.3 Å². The standard InChI is InChI=1S/C10H15N/c1-9(2)11-10(3)7-5-4-6-8-10/h5-8H,4H2,1-3H3. The molecule has 0 atom stereocenters. The van der Waals surface area contributed by atoms with Crippen LogP contribution < -0.4 is 0 Å². The lowest BCUT2D eigenvalue weighted by Crippen LogP contribution is -2.17. The maximum atomic E-state index is 4.51. The molecule has 0 aliphatic heterocycles. The molecule has 0 fully saturated rings. The molecule has 0 aromatic rings. The summed E-state index contributed by atoms with van der Waals surface area (Å²) in [5.74, 6) is 0. The lowest BCUT2D eigenvalue weighted by Gasteiger charge is -2.19. The first-order valence-electron chi connectivity index (χ1n) is 4.01. The van der Waals surface area contributed by atoms with Crippen LogP contribution in [0.3, 0.4) is 0 Å². The molecule has 0 heterocycles. The van der Waals surface area contributed by atoms with E-state index in [1.54, 1.807) is 0 Å². The van der Waals surface area contributed by atoms with Gasteiger partial charge >= 0.3 is 0 Å². The van der Waals surface area contributed by atoms with Crippen LogP contribution in [0.15, 0.2) is 29.3 Å². The second kappa shape index (κ2) is 3.04. The van der Waals surface area contributed by atoms with Gasteiger partial charge in [0.2, 0.25) is 0 Å². The van der Waals surface area contributed by atoms with Gasteiger partial charge in [0, 0.05) is 5.71 Å². The second-order valence-electron chi connectivity index (χ2n) is 3.33.